The number of hydrogen-bond acceptors (Lipinski definition) is 3. The van der Waals surface area contributed by atoms with Crippen molar-refractivity contribution < 1.29 is 14.3 Å². The monoisotopic (exact) mass is 365 g/mol. The maximum absolute atomic E-state index is 12.6. The summed E-state index contributed by atoms with van der Waals surface area (Å²) in [5, 5.41) is 0. The molecule has 0 spiro atoms. The molecule has 1 atom stereocenters. The number of rotatable bonds is 5. The van der Waals surface area contributed by atoms with Gasteiger partial charge < -0.3 is 9.64 Å². The first-order chi connectivity index (χ1) is 13.1. The van der Waals surface area contributed by atoms with Crippen LogP contribution in [0.3, 0.4) is 0 Å². The summed E-state index contributed by atoms with van der Waals surface area (Å²) >= 11 is 0. The van der Waals surface area contributed by atoms with E-state index in [0.29, 0.717) is 5.56 Å². The maximum Gasteiger partial charge on any atom is 0.338 e. The zero-order valence-corrected chi connectivity index (χ0v) is 16.1. The second-order valence-corrected chi connectivity index (χ2v) is 7.23. The van der Waals surface area contributed by atoms with Crippen LogP contribution in [0.25, 0.3) is 11.1 Å². The van der Waals surface area contributed by atoms with Crippen LogP contribution in [0.2, 0.25) is 0 Å². The fraction of sp³-hybridized carbons (Fsp3) is 0.391. The van der Waals surface area contributed by atoms with Crippen molar-refractivity contribution in [3.8, 4) is 11.1 Å². The largest absolute Gasteiger partial charge is 0.449 e. The molecule has 142 valence electrons. The Morgan fingerprint density at radius 2 is 1.52 bits per heavy atom. The van der Waals surface area contributed by atoms with Gasteiger partial charge >= 0.3 is 5.97 Å². The van der Waals surface area contributed by atoms with E-state index in [9.17, 15) is 9.59 Å². The second-order valence-electron chi connectivity index (χ2n) is 7.23. The van der Waals surface area contributed by atoms with Crippen LogP contribution < -0.4 is 0 Å². The van der Waals surface area contributed by atoms with Crippen molar-refractivity contribution in [2.45, 2.75) is 51.2 Å². The second kappa shape index (κ2) is 8.85. The van der Waals surface area contributed by atoms with Crippen LogP contribution in [0.4, 0.5) is 0 Å². The Kier molecular flexibility index (Phi) is 6.28. The third kappa shape index (κ3) is 4.76. The van der Waals surface area contributed by atoms with E-state index in [1.807, 2.05) is 49.5 Å². The van der Waals surface area contributed by atoms with Crippen LogP contribution in [-0.4, -0.2) is 36.0 Å². The van der Waals surface area contributed by atoms with Crippen LogP contribution in [0, 0.1) is 0 Å². The fourth-order valence-corrected chi connectivity index (χ4v) is 3.64. The van der Waals surface area contributed by atoms with Crippen molar-refractivity contribution >= 4 is 11.9 Å². The minimum atomic E-state index is -0.779. The van der Waals surface area contributed by atoms with E-state index in [2.05, 4.69) is 0 Å². The van der Waals surface area contributed by atoms with Crippen LogP contribution in [0.1, 0.15) is 49.4 Å². The van der Waals surface area contributed by atoms with E-state index >= 15 is 0 Å². The van der Waals surface area contributed by atoms with Gasteiger partial charge in [-0.2, -0.15) is 0 Å². The van der Waals surface area contributed by atoms with E-state index < -0.39 is 12.1 Å². The van der Waals surface area contributed by atoms with Gasteiger partial charge in [0.2, 0.25) is 0 Å². The first-order valence-electron chi connectivity index (χ1n) is 9.69. The van der Waals surface area contributed by atoms with Crippen molar-refractivity contribution in [2.24, 2.45) is 0 Å². The Labute approximate surface area is 161 Å². The van der Waals surface area contributed by atoms with Gasteiger partial charge in [-0.3, -0.25) is 4.79 Å². The number of carbonyl (C=O) groups is 2. The number of carbonyl (C=O) groups excluding carboxylic acids is 2. The molecule has 0 unspecified atom stereocenters. The van der Waals surface area contributed by atoms with Gasteiger partial charge in [-0.25, -0.2) is 4.79 Å². The number of likely N-dealkylation sites (N-methyl/N-ethyl adjacent to an activating group) is 1. The highest BCUT2D eigenvalue weighted by Crippen LogP contribution is 2.23. The average Bonchev–Trinajstić information content (AvgIpc) is 2.74. The summed E-state index contributed by atoms with van der Waals surface area (Å²) in [5.74, 6) is -0.594. The maximum atomic E-state index is 12.6. The molecule has 0 N–H and O–H groups in total. The van der Waals surface area contributed by atoms with Crippen LogP contribution in [0.15, 0.2) is 54.6 Å². The van der Waals surface area contributed by atoms with E-state index in [1.165, 1.54) is 6.42 Å². The SMILES string of the molecule is C[C@@H](OC(=O)c1ccc(-c2ccccc2)cc1)C(=O)N(C)C1CCCCC1. The Morgan fingerprint density at radius 1 is 0.926 bits per heavy atom. The molecule has 0 bridgehead atoms. The van der Waals surface area contributed by atoms with Crippen LogP contribution >= 0.6 is 0 Å². The summed E-state index contributed by atoms with van der Waals surface area (Å²) in [7, 11) is 1.82. The topological polar surface area (TPSA) is 46.6 Å². The van der Waals surface area contributed by atoms with Crippen LogP contribution in [0.5, 0.6) is 0 Å². The molecule has 0 saturated heterocycles. The predicted octanol–water partition coefficient (Wildman–Crippen LogP) is 4.69. The lowest BCUT2D eigenvalue weighted by molar-refractivity contribution is -0.141. The molecule has 1 fully saturated rings. The Morgan fingerprint density at radius 3 is 2.15 bits per heavy atom. The summed E-state index contributed by atoms with van der Waals surface area (Å²) in [4.78, 5) is 26.8. The van der Waals surface area contributed by atoms with E-state index in [-0.39, 0.29) is 11.9 Å². The summed E-state index contributed by atoms with van der Waals surface area (Å²) in [5.41, 5.74) is 2.58. The number of hydrogen-bond donors (Lipinski definition) is 0. The minimum absolute atomic E-state index is 0.129. The lowest BCUT2D eigenvalue weighted by Crippen LogP contribution is -2.44. The molecule has 0 heterocycles. The molecule has 0 aromatic heterocycles. The van der Waals surface area contributed by atoms with E-state index in [0.717, 1.165) is 36.8 Å². The van der Waals surface area contributed by atoms with Crippen molar-refractivity contribution in [1.29, 1.82) is 0 Å². The molecule has 1 aliphatic carbocycles. The van der Waals surface area contributed by atoms with Crippen molar-refractivity contribution in [3.05, 3.63) is 60.2 Å². The number of esters is 1. The zero-order chi connectivity index (χ0) is 19.2. The zero-order valence-electron chi connectivity index (χ0n) is 16.1. The smallest absolute Gasteiger partial charge is 0.338 e. The van der Waals surface area contributed by atoms with Gasteiger partial charge in [-0.05, 0) is 43.0 Å². The Bertz CT molecular complexity index is 764. The number of amides is 1. The average molecular weight is 365 g/mol. The molecule has 27 heavy (non-hydrogen) atoms. The summed E-state index contributed by atoms with van der Waals surface area (Å²) in [6, 6.07) is 17.5. The Balaban J connectivity index is 1.59. The Hall–Kier alpha value is -2.62. The van der Waals surface area contributed by atoms with E-state index in [1.54, 1.807) is 24.0 Å². The number of ether oxygens (including phenoxy) is 1. The molecule has 4 nitrogen and oxygen atoms in total. The van der Waals surface area contributed by atoms with Gasteiger partial charge in [-0.1, -0.05) is 61.7 Å². The molecule has 2 aromatic rings. The van der Waals surface area contributed by atoms with Gasteiger partial charge in [0.05, 0.1) is 5.56 Å². The first-order valence-corrected chi connectivity index (χ1v) is 9.69. The molecule has 1 amide bonds. The third-order valence-corrected chi connectivity index (χ3v) is 5.33. The lowest BCUT2D eigenvalue weighted by atomic mass is 9.94. The van der Waals surface area contributed by atoms with Gasteiger partial charge in [0.25, 0.3) is 5.91 Å². The molecular weight excluding hydrogens is 338 g/mol. The van der Waals surface area contributed by atoms with Crippen molar-refractivity contribution in [3.63, 3.8) is 0 Å². The molecule has 0 radical (unpaired) electrons. The van der Waals surface area contributed by atoms with Crippen molar-refractivity contribution in [1.82, 2.24) is 4.90 Å². The molecular formula is C23H27NO3. The number of nitrogens with zero attached hydrogens (tertiary/aromatic N) is 1. The quantitative estimate of drug-likeness (QED) is 0.722. The first kappa shape index (κ1) is 19.2. The van der Waals surface area contributed by atoms with Gasteiger partial charge in [0, 0.05) is 13.1 Å². The summed E-state index contributed by atoms with van der Waals surface area (Å²) in [6.07, 6.45) is 4.84. The fourth-order valence-electron chi connectivity index (χ4n) is 3.64. The molecule has 4 heteroatoms. The normalized spacial score (nSPS) is 15.8. The summed E-state index contributed by atoms with van der Waals surface area (Å²) < 4.78 is 5.43. The summed E-state index contributed by atoms with van der Waals surface area (Å²) in [6.45, 7) is 1.65. The highest BCUT2D eigenvalue weighted by atomic mass is 16.5. The highest BCUT2D eigenvalue weighted by Gasteiger charge is 2.27. The number of benzene rings is 2. The molecule has 2 aromatic carbocycles. The van der Waals surface area contributed by atoms with Gasteiger partial charge in [-0.15, -0.1) is 0 Å². The van der Waals surface area contributed by atoms with E-state index in [4.69, 9.17) is 4.74 Å². The van der Waals surface area contributed by atoms with Gasteiger partial charge in [0.15, 0.2) is 6.10 Å². The molecule has 0 aliphatic heterocycles. The third-order valence-electron chi connectivity index (χ3n) is 5.33. The van der Waals surface area contributed by atoms with Crippen molar-refractivity contribution in [2.75, 3.05) is 7.05 Å². The molecule has 1 saturated carbocycles. The van der Waals surface area contributed by atoms with Gasteiger partial charge in [0.1, 0.15) is 0 Å². The molecule has 3 rings (SSSR count). The minimum Gasteiger partial charge on any atom is -0.449 e. The lowest BCUT2D eigenvalue weighted by Gasteiger charge is -2.32. The standard InChI is InChI=1S/C23H27NO3/c1-17(22(25)24(2)21-11-7-4-8-12-21)27-23(26)20-15-13-19(14-16-20)18-9-5-3-6-10-18/h3,5-6,9-10,13-17,21H,4,7-8,11-12H2,1-2H3/t17-/m1/s1. The molecule has 1 aliphatic rings. The van der Waals surface area contributed by atoms with Crippen LogP contribution in [-0.2, 0) is 9.53 Å². The predicted molar refractivity (Wildman–Crippen MR) is 106 cm³/mol. The highest BCUT2D eigenvalue weighted by molar-refractivity contribution is 5.92.